The highest BCUT2D eigenvalue weighted by molar-refractivity contribution is 5.32. The number of ether oxygens (including phenoxy) is 1. The number of allylic oxidation sites excluding steroid dienone is 2. The van der Waals surface area contributed by atoms with Crippen molar-refractivity contribution in [3.63, 3.8) is 0 Å². The predicted molar refractivity (Wildman–Crippen MR) is 86.8 cm³/mol. The molecule has 0 aliphatic rings. The van der Waals surface area contributed by atoms with E-state index in [-0.39, 0.29) is 12.7 Å². The van der Waals surface area contributed by atoms with E-state index >= 15 is 0 Å². The summed E-state index contributed by atoms with van der Waals surface area (Å²) in [7, 11) is 0. The van der Waals surface area contributed by atoms with Gasteiger partial charge in [-0.1, -0.05) is 62.4 Å². The maximum Gasteiger partial charge on any atom is 0.107 e. The molecule has 0 aliphatic heterocycles. The van der Waals surface area contributed by atoms with Gasteiger partial charge in [-0.3, -0.25) is 0 Å². The van der Waals surface area contributed by atoms with Crippen LogP contribution in [0, 0.1) is 0 Å². The van der Waals surface area contributed by atoms with Crippen LogP contribution in [0.1, 0.15) is 45.8 Å². The summed E-state index contributed by atoms with van der Waals surface area (Å²) in [6.07, 6.45) is 6.75. The van der Waals surface area contributed by atoms with Gasteiger partial charge in [0, 0.05) is 6.61 Å². The largest absolute Gasteiger partial charge is 0.396 e. The van der Waals surface area contributed by atoms with Gasteiger partial charge in [-0.25, -0.2) is 0 Å². The van der Waals surface area contributed by atoms with Crippen molar-refractivity contribution in [2.24, 2.45) is 0 Å². The molecule has 0 saturated carbocycles. The minimum absolute atomic E-state index is 0.0565. The third kappa shape index (κ3) is 6.69. The van der Waals surface area contributed by atoms with Crippen LogP contribution in [0.3, 0.4) is 0 Å². The zero-order valence-corrected chi connectivity index (χ0v) is 13.2. The van der Waals surface area contributed by atoms with Crippen molar-refractivity contribution in [3.05, 3.63) is 59.7 Å². The average molecular weight is 276 g/mol. The van der Waals surface area contributed by atoms with Gasteiger partial charge in [-0.2, -0.15) is 0 Å². The fourth-order valence-electron chi connectivity index (χ4n) is 1.81. The molecule has 0 spiro atoms. The van der Waals surface area contributed by atoms with Gasteiger partial charge in [-0.05, 0) is 31.4 Å². The number of aliphatic hydroxyl groups excluding tert-OH is 1. The summed E-state index contributed by atoms with van der Waals surface area (Å²) in [6.45, 7) is 8.74. The smallest absolute Gasteiger partial charge is 0.107 e. The van der Waals surface area contributed by atoms with E-state index in [9.17, 15) is 0 Å². The van der Waals surface area contributed by atoms with Crippen LogP contribution in [-0.2, 0) is 4.74 Å². The quantitative estimate of drug-likeness (QED) is 0.579. The van der Waals surface area contributed by atoms with Crippen LogP contribution in [0.25, 0.3) is 0 Å². The van der Waals surface area contributed by atoms with E-state index in [4.69, 9.17) is 9.84 Å². The number of aliphatic hydroxyl groups is 1. The minimum atomic E-state index is -0.0565. The lowest BCUT2D eigenvalue weighted by molar-refractivity contribution is 0.0678. The summed E-state index contributed by atoms with van der Waals surface area (Å²) in [5.41, 5.74) is 2.28. The Morgan fingerprint density at radius 2 is 1.85 bits per heavy atom. The average Bonchev–Trinajstić information content (AvgIpc) is 2.53. The van der Waals surface area contributed by atoms with Crippen molar-refractivity contribution in [2.45, 2.75) is 40.2 Å². The Morgan fingerprint density at radius 3 is 2.35 bits per heavy atom. The van der Waals surface area contributed by atoms with Crippen molar-refractivity contribution in [1.29, 1.82) is 0 Å². The third-order valence-corrected chi connectivity index (χ3v) is 2.68. The lowest BCUT2D eigenvalue weighted by Crippen LogP contribution is -2.08. The van der Waals surface area contributed by atoms with E-state index in [0.29, 0.717) is 13.0 Å². The second-order valence-corrected chi connectivity index (χ2v) is 4.03. The van der Waals surface area contributed by atoms with Crippen LogP contribution in [0.2, 0.25) is 0 Å². The molecule has 1 aromatic carbocycles. The van der Waals surface area contributed by atoms with Gasteiger partial charge < -0.3 is 9.84 Å². The molecule has 0 aliphatic carbocycles. The molecule has 20 heavy (non-hydrogen) atoms. The molecule has 112 valence electrons. The molecule has 0 bridgehead atoms. The summed E-state index contributed by atoms with van der Waals surface area (Å²) < 4.78 is 5.89. The molecule has 1 unspecified atom stereocenters. The minimum Gasteiger partial charge on any atom is -0.396 e. The number of hydrogen-bond donors (Lipinski definition) is 1. The topological polar surface area (TPSA) is 29.5 Å². The van der Waals surface area contributed by atoms with Crippen molar-refractivity contribution in [3.8, 4) is 0 Å². The highest BCUT2D eigenvalue weighted by atomic mass is 16.5. The maximum absolute atomic E-state index is 8.84. The Kier molecular flexibility index (Phi) is 11.8. The van der Waals surface area contributed by atoms with Crippen LogP contribution < -0.4 is 0 Å². The van der Waals surface area contributed by atoms with E-state index in [1.54, 1.807) is 0 Å². The summed E-state index contributed by atoms with van der Waals surface area (Å²) in [4.78, 5) is 0. The van der Waals surface area contributed by atoms with Crippen molar-refractivity contribution >= 4 is 0 Å². The molecule has 1 atom stereocenters. The summed E-state index contributed by atoms with van der Waals surface area (Å²) in [5, 5.41) is 8.84. The van der Waals surface area contributed by atoms with Crippen LogP contribution in [-0.4, -0.2) is 18.3 Å². The summed E-state index contributed by atoms with van der Waals surface area (Å²) in [6, 6.07) is 10.2. The zero-order chi connectivity index (χ0) is 15.2. The highest BCUT2D eigenvalue weighted by Gasteiger charge is 2.14. The molecule has 0 fully saturated rings. The van der Waals surface area contributed by atoms with E-state index in [1.807, 2.05) is 52.0 Å². The molecule has 0 radical (unpaired) electrons. The number of rotatable bonds is 7. The molecule has 0 heterocycles. The SMILES string of the molecule is C/C=C\C(=C/C)C(OCCCO)c1ccccc1.CC. The monoisotopic (exact) mass is 276 g/mol. The molecule has 1 N–H and O–H groups in total. The van der Waals surface area contributed by atoms with Gasteiger partial charge in [0.15, 0.2) is 0 Å². The number of benzene rings is 1. The molecule has 2 heteroatoms. The van der Waals surface area contributed by atoms with Crippen molar-refractivity contribution in [1.82, 2.24) is 0 Å². The first-order valence-electron chi connectivity index (χ1n) is 7.39. The molecule has 0 amide bonds. The maximum atomic E-state index is 8.84. The van der Waals surface area contributed by atoms with E-state index in [0.717, 1.165) is 11.1 Å². The normalized spacial score (nSPS) is 12.9. The Bertz CT molecular complexity index is 380. The van der Waals surface area contributed by atoms with Gasteiger partial charge in [0.1, 0.15) is 6.10 Å². The van der Waals surface area contributed by atoms with Gasteiger partial charge in [0.05, 0.1) is 6.61 Å². The van der Waals surface area contributed by atoms with Crippen molar-refractivity contribution < 1.29 is 9.84 Å². The van der Waals surface area contributed by atoms with E-state index < -0.39 is 0 Å². The van der Waals surface area contributed by atoms with Crippen LogP contribution in [0.15, 0.2) is 54.1 Å². The molecule has 0 saturated heterocycles. The van der Waals surface area contributed by atoms with Crippen LogP contribution in [0.4, 0.5) is 0 Å². The number of hydrogen-bond acceptors (Lipinski definition) is 2. The molecular weight excluding hydrogens is 248 g/mol. The summed E-state index contributed by atoms with van der Waals surface area (Å²) >= 11 is 0. The van der Waals surface area contributed by atoms with Crippen LogP contribution in [0.5, 0.6) is 0 Å². The first-order valence-corrected chi connectivity index (χ1v) is 7.39. The van der Waals surface area contributed by atoms with Crippen LogP contribution >= 0.6 is 0 Å². The summed E-state index contributed by atoms with van der Waals surface area (Å²) in [5.74, 6) is 0. The van der Waals surface area contributed by atoms with Gasteiger partial charge >= 0.3 is 0 Å². The zero-order valence-electron chi connectivity index (χ0n) is 13.2. The van der Waals surface area contributed by atoms with Gasteiger partial charge in [0.25, 0.3) is 0 Å². The van der Waals surface area contributed by atoms with Gasteiger partial charge in [0.2, 0.25) is 0 Å². The predicted octanol–water partition coefficient (Wildman–Crippen LogP) is 4.68. The lowest BCUT2D eigenvalue weighted by Gasteiger charge is -2.19. The fourth-order valence-corrected chi connectivity index (χ4v) is 1.81. The molecular formula is C18H28O2. The fraction of sp³-hybridized carbons (Fsp3) is 0.444. The van der Waals surface area contributed by atoms with Gasteiger partial charge in [-0.15, -0.1) is 0 Å². The highest BCUT2D eigenvalue weighted by Crippen LogP contribution is 2.26. The molecule has 2 nitrogen and oxygen atoms in total. The Balaban J connectivity index is 0.00000172. The van der Waals surface area contributed by atoms with E-state index in [2.05, 4.69) is 24.3 Å². The Labute approximate surface area is 123 Å². The second kappa shape index (κ2) is 12.6. The first kappa shape index (κ1) is 18.6. The lowest BCUT2D eigenvalue weighted by atomic mass is 10.0. The second-order valence-electron chi connectivity index (χ2n) is 4.03. The Hall–Kier alpha value is -1.38. The van der Waals surface area contributed by atoms with E-state index in [1.165, 1.54) is 0 Å². The third-order valence-electron chi connectivity index (χ3n) is 2.68. The molecule has 0 aromatic heterocycles. The standard InChI is InChI=1S/C16H22O2.C2H6/c1-3-9-14(4-2)16(18-13-8-12-17)15-10-6-5-7-11-15;1-2/h3-7,9-11,16-17H,8,12-13H2,1-2H3;1-2H3/b9-3-,14-4+;. The molecule has 1 aromatic rings. The molecule has 1 rings (SSSR count). The first-order chi connectivity index (χ1) is 9.83. The van der Waals surface area contributed by atoms with Crippen molar-refractivity contribution in [2.75, 3.05) is 13.2 Å². The Morgan fingerprint density at radius 1 is 1.20 bits per heavy atom.